The van der Waals surface area contributed by atoms with Crippen LogP contribution in [0, 0.1) is 0 Å². The van der Waals surface area contributed by atoms with Gasteiger partial charge < -0.3 is 14.8 Å². The molecule has 0 aromatic carbocycles. The molecule has 1 rings (SSSR count). The molecule has 0 aliphatic rings. The predicted octanol–water partition coefficient (Wildman–Crippen LogP) is 2.26. The number of hydrogen-bond donors (Lipinski definition) is 1. The van der Waals surface area contributed by atoms with E-state index in [0.717, 1.165) is 37.2 Å². The number of amides is 1. The Kier molecular flexibility index (Phi) is 8.61. The van der Waals surface area contributed by atoms with Gasteiger partial charge in [0, 0.05) is 25.1 Å². The second kappa shape index (κ2) is 10.3. The molecule has 21 heavy (non-hydrogen) atoms. The van der Waals surface area contributed by atoms with Gasteiger partial charge in [0.1, 0.15) is 5.69 Å². The molecule has 0 spiro atoms. The van der Waals surface area contributed by atoms with Crippen LogP contribution in [0.3, 0.4) is 0 Å². The summed E-state index contributed by atoms with van der Waals surface area (Å²) in [4.78, 5) is 27.2. The van der Waals surface area contributed by atoms with E-state index in [1.54, 1.807) is 12.3 Å². The van der Waals surface area contributed by atoms with Crippen molar-refractivity contribution in [2.45, 2.75) is 33.1 Å². The summed E-state index contributed by atoms with van der Waals surface area (Å²) in [7, 11) is 0. The van der Waals surface area contributed by atoms with Crippen molar-refractivity contribution >= 4 is 23.2 Å². The van der Waals surface area contributed by atoms with Gasteiger partial charge in [-0.05, 0) is 19.8 Å². The molecule has 1 heterocycles. The zero-order valence-electron chi connectivity index (χ0n) is 12.5. The number of ether oxygens (including phenoxy) is 2. The van der Waals surface area contributed by atoms with E-state index >= 15 is 0 Å². The number of nitrogens with one attached hydrogen (secondary N) is 1. The van der Waals surface area contributed by atoms with Crippen LogP contribution in [0.5, 0.6) is 0 Å². The monoisotopic (exact) mass is 314 g/mol. The van der Waals surface area contributed by atoms with E-state index in [9.17, 15) is 9.59 Å². The molecular formula is C14H22N2O4S. The van der Waals surface area contributed by atoms with Crippen molar-refractivity contribution in [2.75, 3.05) is 26.4 Å². The van der Waals surface area contributed by atoms with E-state index < -0.39 is 5.97 Å². The van der Waals surface area contributed by atoms with Gasteiger partial charge in [-0.2, -0.15) is 0 Å². The quantitative estimate of drug-likeness (QED) is 0.529. The first-order valence-corrected chi connectivity index (χ1v) is 8.05. The lowest BCUT2D eigenvalue weighted by molar-refractivity contribution is 0.0526. The SMILES string of the molecule is CCCCOCCCNC(=O)c1csc(C(=O)OCC)n1. The lowest BCUT2D eigenvalue weighted by Crippen LogP contribution is -2.25. The van der Waals surface area contributed by atoms with E-state index in [0.29, 0.717) is 13.2 Å². The van der Waals surface area contributed by atoms with Crippen molar-refractivity contribution in [3.63, 3.8) is 0 Å². The molecule has 7 heteroatoms. The topological polar surface area (TPSA) is 77.5 Å². The minimum Gasteiger partial charge on any atom is -0.461 e. The molecule has 0 atom stereocenters. The molecule has 0 fully saturated rings. The highest BCUT2D eigenvalue weighted by molar-refractivity contribution is 7.11. The smallest absolute Gasteiger partial charge is 0.367 e. The van der Waals surface area contributed by atoms with Gasteiger partial charge in [-0.3, -0.25) is 4.79 Å². The van der Waals surface area contributed by atoms with E-state index in [2.05, 4.69) is 17.2 Å². The predicted molar refractivity (Wildman–Crippen MR) is 80.7 cm³/mol. The molecular weight excluding hydrogens is 292 g/mol. The third-order valence-electron chi connectivity index (χ3n) is 2.58. The first-order valence-electron chi connectivity index (χ1n) is 7.17. The van der Waals surface area contributed by atoms with Crippen LogP contribution in [-0.2, 0) is 9.47 Å². The van der Waals surface area contributed by atoms with Gasteiger partial charge in [0.05, 0.1) is 6.61 Å². The summed E-state index contributed by atoms with van der Waals surface area (Å²) in [5, 5.41) is 4.50. The van der Waals surface area contributed by atoms with Crippen LogP contribution in [0.15, 0.2) is 5.38 Å². The molecule has 1 amide bonds. The summed E-state index contributed by atoms with van der Waals surface area (Å²) in [6, 6.07) is 0. The maximum Gasteiger partial charge on any atom is 0.367 e. The minimum absolute atomic E-state index is 0.199. The fourth-order valence-corrected chi connectivity index (χ4v) is 2.17. The molecule has 0 aliphatic heterocycles. The highest BCUT2D eigenvalue weighted by Crippen LogP contribution is 2.11. The standard InChI is InChI=1S/C14H22N2O4S/c1-3-5-8-19-9-6-7-15-12(17)11-10-21-13(16-11)14(18)20-4-2/h10H,3-9H2,1-2H3,(H,15,17). The maximum atomic E-state index is 11.8. The summed E-state index contributed by atoms with van der Waals surface area (Å²) < 4.78 is 10.2. The van der Waals surface area contributed by atoms with Crippen LogP contribution >= 0.6 is 11.3 Å². The van der Waals surface area contributed by atoms with E-state index in [1.807, 2.05) is 0 Å². The Hall–Kier alpha value is -1.47. The van der Waals surface area contributed by atoms with Crippen molar-refractivity contribution in [3.8, 4) is 0 Å². The van der Waals surface area contributed by atoms with Crippen molar-refractivity contribution in [1.29, 1.82) is 0 Å². The summed E-state index contributed by atoms with van der Waals surface area (Å²) in [6.45, 7) is 6.05. The molecule has 0 bridgehead atoms. The molecule has 0 saturated carbocycles. The Labute approximate surface area is 128 Å². The second-order valence-corrected chi connectivity index (χ2v) is 5.19. The first-order chi connectivity index (χ1) is 10.2. The molecule has 0 radical (unpaired) electrons. The number of esters is 1. The van der Waals surface area contributed by atoms with Gasteiger partial charge >= 0.3 is 5.97 Å². The van der Waals surface area contributed by atoms with E-state index in [1.165, 1.54) is 0 Å². The summed E-state index contributed by atoms with van der Waals surface area (Å²) in [5.74, 6) is -0.777. The fourth-order valence-electron chi connectivity index (χ4n) is 1.48. The van der Waals surface area contributed by atoms with Gasteiger partial charge in [0.2, 0.25) is 5.01 Å². The molecule has 1 aromatic heterocycles. The van der Waals surface area contributed by atoms with E-state index in [4.69, 9.17) is 9.47 Å². The number of unbranched alkanes of at least 4 members (excludes halogenated alkanes) is 1. The van der Waals surface area contributed by atoms with Gasteiger partial charge in [0.15, 0.2) is 0 Å². The molecule has 1 N–H and O–H groups in total. The first kappa shape index (κ1) is 17.6. The van der Waals surface area contributed by atoms with Crippen LogP contribution in [0.2, 0.25) is 0 Å². The van der Waals surface area contributed by atoms with E-state index in [-0.39, 0.29) is 23.2 Å². The van der Waals surface area contributed by atoms with Crippen molar-refractivity contribution in [1.82, 2.24) is 10.3 Å². The number of carbonyl (C=O) groups is 2. The Balaban J connectivity index is 2.25. The van der Waals surface area contributed by atoms with Crippen LogP contribution < -0.4 is 5.32 Å². The highest BCUT2D eigenvalue weighted by Gasteiger charge is 2.15. The summed E-state index contributed by atoms with van der Waals surface area (Å²) in [5.41, 5.74) is 0.245. The van der Waals surface area contributed by atoms with Crippen LogP contribution in [-0.4, -0.2) is 43.2 Å². The molecule has 1 aromatic rings. The fraction of sp³-hybridized carbons (Fsp3) is 0.643. The normalized spacial score (nSPS) is 10.4. The van der Waals surface area contributed by atoms with Crippen molar-refractivity contribution < 1.29 is 19.1 Å². The Morgan fingerprint density at radius 1 is 1.29 bits per heavy atom. The number of rotatable bonds is 10. The van der Waals surface area contributed by atoms with Crippen LogP contribution in [0.4, 0.5) is 0 Å². The van der Waals surface area contributed by atoms with Crippen molar-refractivity contribution in [2.24, 2.45) is 0 Å². The van der Waals surface area contributed by atoms with Crippen LogP contribution in [0.1, 0.15) is 53.4 Å². The minimum atomic E-state index is -0.495. The number of nitrogens with zero attached hydrogens (tertiary/aromatic N) is 1. The zero-order valence-corrected chi connectivity index (χ0v) is 13.3. The molecule has 0 aliphatic carbocycles. The number of aromatic nitrogens is 1. The Bertz CT molecular complexity index is 448. The number of hydrogen-bond acceptors (Lipinski definition) is 6. The lowest BCUT2D eigenvalue weighted by atomic mass is 10.3. The average molecular weight is 314 g/mol. The number of thiazole rings is 1. The Morgan fingerprint density at radius 2 is 2.05 bits per heavy atom. The number of carbonyl (C=O) groups excluding carboxylic acids is 2. The zero-order chi connectivity index (χ0) is 15.5. The van der Waals surface area contributed by atoms with Gasteiger partial charge in [-0.15, -0.1) is 11.3 Å². The molecule has 118 valence electrons. The highest BCUT2D eigenvalue weighted by atomic mass is 32.1. The third kappa shape index (κ3) is 6.68. The van der Waals surface area contributed by atoms with Crippen molar-refractivity contribution in [3.05, 3.63) is 16.1 Å². The maximum absolute atomic E-state index is 11.8. The van der Waals surface area contributed by atoms with Crippen LogP contribution in [0.25, 0.3) is 0 Å². The van der Waals surface area contributed by atoms with Gasteiger partial charge in [0.25, 0.3) is 5.91 Å². The molecule has 6 nitrogen and oxygen atoms in total. The third-order valence-corrected chi connectivity index (χ3v) is 3.40. The summed E-state index contributed by atoms with van der Waals surface area (Å²) >= 11 is 1.11. The molecule has 0 saturated heterocycles. The Morgan fingerprint density at radius 3 is 2.76 bits per heavy atom. The van der Waals surface area contributed by atoms with Gasteiger partial charge in [-0.25, -0.2) is 9.78 Å². The largest absolute Gasteiger partial charge is 0.461 e. The lowest BCUT2D eigenvalue weighted by Gasteiger charge is -2.04. The summed E-state index contributed by atoms with van der Waals surface area (Å²) in [6.07, 6.45) is 2.93. The second-order valence-electron chi connectivity index (χ2n) is 4.33. The van der Waals surface area contributed by atoms with Gasteiger partial charge in [-0.1, -0.05) is 13.3 Å². The average Bonchev–Trinajstić information content (AvgIpc) is 2.96. The molecule has 0 unspecified atom stereocenters.